The lowest BCUT2D eigenvalue weighted by molar-refractivity contribution is 0.414. The first-order chi connectivity index (χ1) is 12.1. The molecule has 0 unspecified atom stereocenters. The van der Waals surface area contributed by atoms with Crippen LogP contribution in [-0.2, 0) is 16.4 Å². The van der Waals surface area contributed by atoms with Gasteiger partial charge in [-0.25, -0.2) is 13.1 Å². The Labute approximate surface area is 151 Å². The summed E-state index contributed by atoms with van der Waals surface area (Å²) in [6.07, 6.45) is 2.20. The number of hydrogen-bond donors (Lipinski definition) is 1. The molecule has 0 aliphatic heterocycles. The van der Waals surface area contributed by atoms with Crippen molar-refractivity contribution >= 4 is 21.4 Å². The number of nitrogens with zero attached hydrogens (tertiary/aromatic N) is 1. The second-order valence-corrected chi connectivity index (χ2v) is 7.93. The van der Waals surface area contributed by atoms with Gasteiger partial charge in [0, 0.05) is 6.20 Å². The van der Waals surface area contributed by atoms with E-state index in [1.165, 1.54) is 12.1 Å². The third-order valence-corrected chi connectivity index (χ3v) is 5.95. The summed E-state index contributed by atoms with van der Waals surface area (Å²) < 4.78 is 33.4. The standard InChI is InChI=1S/C18H18N2O3S2/c1-23-15-5-7-16(8-6-15)25(21,22)20-18(12-14-9-11-24-13-14)17-4-2-3-10-19-17/h2-11,13,18,20H,12H2,1H3/t18-/m0/s1. The van der Waals surface area contributed by atoms with Crippen LogP contribution in [0.2, 0.25) is 0 Å². The van der Waals surface area contributed by atoms with Crippen molar-refractivity contribution in [1.82, 2.24) is 9.71 Å². The van der Waals surface area contributed by atoms with E-state index in [9.17, 15) is 8.42 Å². The molecular formula is C18H18N2O3S2. The van der Waals surface area contributed by atoms with Crippen molar-refractivity contribution in [2.75, 3.05) is 7.11 Å². The number of benzene rings is 1. The van der Waals surface area contributed by atoms with E-state index in [2.05, 4.69) is 9.71 Å². The minimum atomic E-state index is -3.68. The highest BCUT2D eigenvalue weighted by molar-refractivity contribution is 7.89. The van der Waals surface area contributed by atoms with Gasteiger partial charge in [-0.3, -0.25) is 4.98 Å². The molecule has 1 atom stereocenters. The number of nitrogens with one attached hydrogen (secondary N) is 1. The third-order valence-electron chi connectivity index (χ3n) is 3.73. The summed E-state index contributed by atoms with van der Waals surface area (Å²) >= 11 is 1.58. The van der Waals surface area contributed by atoms with E-state index in [0.717, 1.165) is 5.56 Å². The van der Waals surface area contributed by atoms with Gasteiger partial charge in [-0.05, 0) is 65.2 Å². The summed E-state index contributed by atoms with van der Waals surface area (Å²) in [7, 11) is -2.14. The zero-order valence-electron chi connectivity index (χ0n) is 13.6. The minimum Gasteiger partial charge on any atom is -0.497 e. The number of methoxy groups -OCH3 is 1. The Kier molecular flexibility index (Phi) is 5.47. The van der Waals surface area contributed by atoms with E-state index in [1.54, 1.807) is 36.8 Å². The van der Waals surface area contributed by atoms with Crippen molar-refractivity contribution in [2.45, 2.75) is 17.4 Å². The molecule has 0 radical (unpaired) electrons. The summed E-state index contributed by atoms with van der Waals surface area (Å²) in [5.41, 5.74) is 1.75. The number of rotatable bonds is 7. The van der Waals surface area contributed by atoms with Crippen LogP contribution in [0.5, 0.6) is 5.75 Å². The maximum absolute atomic E-state index is 12.8. The second-order valence-electron chi connectivity index (χ2n) is 5.44. The molecule has 0 aliphatic carbocycles. The van der Waals surface area contributed by atoms with E-state index < -0.39 is 16.1 Å². The molecule has 7 heteroatoms. The van der Waals surface area contributed by atoms with Gasteiger partial charge in [-0.15, -0.1) is 0 Å². The van der Waals surface area contributed by atoms with Gasteiger partial charge >= 0.3 is 0 Å². The molecule has 2 heterocycles. The molecule has 1 aromatic carbocycles. The van der Waals surface area contributed by atoms with Crippen molar-refractivity contribution in [3.63, 3.8) is 0 Å². The minimum absolute atomic E-state index is 0.194. The molecule has 130 valence electrons. The van der Waals surface area contributed by atoms with Gasteiger partial charge in [-0.1, -0.05) is 6.07 Å². The maximum Gasteiger partial charge on any atom is 0.241 e. The van der Waals surface area contributed by atoms with Crippen LogP contribution < -0.4 is 9.46 Å². The maximum atomic E-state index is 12.8. The molecule has 1 N–H and O–H groups in total. The molecule has 0 spiro atoms. The Balaban J connectivity index is 1.87. The molecular weight excluding hydrogens is 356 g/mol. The lowest BCUT2D eigenvalue weighted by Crippen LogP contribution is -2.30. The average molecular weight is 374 g/mol. The Morgan fingerprint density at radius 2 is 1.96 bits per heavy atom. The van der Waals surface area contributed by atoms with Gasteiger partial charge in [0.05, 0.1) is 23.7 Å². The largest absolute Gasteiger partial charge is 0.497 e. The lowest BCUT2D eigenvalue weighted by atomic mass is 10.1. The van der Waals surface area contributed by atoms with Crippen molar-refractivity contribution in [2.24, 2.45) is 0 Å². The number of sulfonamides is 1. The Morgan fingerprint density at radius 1 is 1.16 bits per heavy atom. The zero-order chi connectivity index (χ0) is 17.7. The van der Waals surface area contributed by atoms with Crippen LogP contribution in [0, 0.1) is 0 Å². The summed E-state index contributed by atoms with van der Waals surface area (Å²) in [6, 6.07) is 13.3. The molecule has 3 rings (SSSR count). The number of hydrogen-bond acceptors (Lipinski definition) is 5. The normalized spacial score (nSPS) is 12.7. The first kappa shape index (κ1) is 17.6. The molecule has 0 fully saturated rings. The monoisotopic (exact) mass is 374 g/mol. The molecule has 0 amide bonds. The van der Waals surface area contributed by atoms with Crippen LogP contribution >= 0.6 is 11.3 Å². The molecule has 2 aromatic heterocycles. The van der Waals surface area contributed by atoms with E-state index >= 15 is 0 Å². The van der Waals surface area contributed by atoms with Gasteiger partial charge in [0.1, 0.15) is 5.75 Å². The van der Waals surface area contributed by atoms with Crippen molar-refractivity contribution in [3.05, 3.63) is 76.7 Å². The lowest BCUT2D eigenvalue weighted by Gasteiger charge is -2.18. The highest BCUT2D eigenvalue weighted by Gasteiger charge is 2.23. The summed E-state index contributed by atoms with van der Waals surface area (Å²) in [4.78, 5) is 4.52. The van der Waals surface area contributed by atoms with E-state index in [4.69, 9.17) is 4.74 Å². The predicted octanol–water partition coefficient (Wildman–Crippen LogP) is 3.41. The van der Waals surface area contributed by atoms with Crippen molar-refractivity contribution in [3.8, 4) is 5.75 Å². The summed E-state index contributed by atoms with van der Waals surface area (Å²) in [5.74, 6) is 0.610. The van der Waals surface area contributed by atoms with Gasteiger partial charge in [-0.2, -0.15) is 11.3 Å². The van der Waals surface area contributed by atoms with Crippen LogP contribution in [0.15, 0.2) is 70.4 Å². The van der Waals surface area contributed by atoms with Gasteiger partial charge < -0.3 is 4.74 Å². The summed E-state index contributed by atoms with van der Waals surface area (Å²) in [5, 5.41) is 3.99. The van der Waals surface area contributed by atoms with Crippen molar-refractivity contribution < 1.29 is 13.2 Å². The fraction of sp³-hybridized carbons (Fsp3) is 0.167. The third kappa shape index (κ3) is 4.45. The van der Waals surface area contributed by atoms with Crippen molar-refractivity contribution in [1.29, 1.82) is 0 Å². The zero-order valence-corrected chi connectivity index (χ0v) is 15.3. The smallest absolute Gasteiger partial charge is 0.241 e. The second kappa shape index (κ2) is 7.77. The van der Waals surface area contributed by atoms with Crippen LogP contribution in [0.3, 0.4) is 0 Å². The fourth-order valence-electron chi connectivity index (χ4n) is 2.44. The van der Waals surface area contributed by atoms with Crippen LogP contribution in [-0.4, -0.2) is 20.5 Å². The Hall–Kier alpha value is -2.22. The highest BCUT2D eigenvalue weighted by Crippen LogP contribution is 2.22. The van der Waals surface area contributed by atoms with Gasteiger partial charge in [0.2, 0.25) is 10.0 Å². The van der Waals surface area contributed by atoms with E-state index in [-0.39, 0.29) is 4.90 Å². The SMILES string of the molecule is COc1ccc(S(=O)(=O)N[C@@H](Cc2ccsc2)c2ccccn2)cc1. The van der Waals surface area contributed by atoms with Crippen LogP contribution in [0.1, 0.15) is 17.3 Å². The molecule has 25 heavy (non-hydrogen) atoms. The van der Waals surface area contributed by atoms with Gasteiger partial charge in [0.15, 0.2) is 0 Å². The first-order valence-corrected chi connectivity index (χ1v) is 10.1. The predicted molar refractivity (Wildman–Crippen MR) is 98.3 cm³/mol. The molecule has 5 nitrogen and oxygen atoms in total. The average Bonchev–Trinajstić information content (AvgIpc) is 3.15. The van der Waals surface area contributed by atoms with E-state index in [0.29, 0.717) is 17.9 Å². The molecule has 0 saturated heterocycles. The Morgan fingerprint density at radius 3 is 2.56 bits per heavy atom. The molecule has 3 aromatic rings. The van der Waals surface area contributed by atoms with Gasteiger partial charge in [0.25, 0.3) is 0 Å². The number of thiophene rings is 1. The molecule has 0 bridgehead atoms. The van der Waals surface area contributed by atoms with Crippen LogP contribution in [0.25, 0.3) is 0 Å². The first-order valence-electron chi connectivity index (χ1n) is 7.67. The highest BCUT2D eigenvalue weighted by atomic mass is 32.2. The topological polar surface area (TPSA) is 68.3 Å². The number of pyridine rings is 1. The quantitative estimate of drug-likeness (QED) is 0.688. The number of aromatic nitrogens is 1. The summed E-state index contributed by atoms with van der Waals surface area (Å²) in [6.45, 7) is 0. The Bertz CT molecular complexity index is 893. The molecule has 0 aliphatic rings. The van der Waals surface area contributed by atoms with E-state index in [1.807, 2.05) is 35.0 Å². The fourth-order valence-corrected chi connectivity index (χ4v) is 4.33. The number of ether oxygens (including phenoxy) is 1. The molecule has 0 saturated carbocycles. The van der Waals surface area contributed by atoms with Crippen LogP contribution in [0.4, 0.5) is 0 Å².